The van der Waals surface area contributed by atoms with Gasteiger partial charge >= 0.3 is 5.97 Å². The lowest BCUT2D eigenvalue weighted by Crippen LogP contribution is -2.36. The molecule has 2 N–H and O–H groups in total. The SMILES string of the molecule is CCOc1ncccc1C(=O)N1CCc2c(sc(NC(=O)c3ccc(Cl)cc3)c2C(=O)O)C1. The largest absolute Gasteiger partial charge is 0.478 e. The van der Waals surface area contributed by atoms with Gasteiger partial charge in [-0.15, -0.1) is 11.3 Å². The Kier molecular flexibility index (Phi) is 6.62. The second-order valence-corrected chi connectivity index (χ2v) is 8.78. The van der Waals surface area contributed by atoms with Crippen molar-refractivity contribution >= 4 is 45.7 Å². The zero-order valence-corrected chi connectivity index (χ0v) is 19.2. The number of anilines is 1. The number of halogens is 1. The lowest BCUT2D eigenvalue weighted by molar-refractivity contribution is 0.0696. The standard InChI is InChI=1S/C23H20ClN3O5S/c1-2-32-20-16(4-3-10-25-20)22(29)27-11-9-15-17(12-27)33-21(18(15)23(30)31)26-19(28)13-5-7-14(24)8-6-13/h3-8,10H,2,9,11-12H2,1H3,(H,26,28)(H,30,31). The third-order valence-electron chi connectivity index (χ3n) is 5.17. The molecule has 3 heterocycles. The quantitative estimate of drug-likeness (QED) is 0.537. The molecule has 1 aromatic carbocycles. The molecule has 0 saturated carbocycles. The number of hydrogen-bond donors (Lipinski definition) is 2. The van der Waals surface area contributed by atoms with Crippen LogP contribution in [0, 0.1) is 0 Å². The van der Waals surface area contributed by atoms with E-state index in [-0.39, 0.29) is 28.9 Å². The molecule has 0 aliphatic carbocycles. The average molecular weight is 486 g/mol. The molecule has 0 fully saturated rings. The number of carboxylic acid groups (broad SMARTS) is 1. The number of carboxylic acids is 1. The van der Waals surface area contributed by atoms with Gasteiger partial charge in [0.15, 0.2) is 0 Å². The second kappa shape index (κ2) is 9.60. The number of nitrogens with one attached hydrogen (secondary N) is 1. The Bertz CT molecular complexity index is 1230. The number of nitrogens with zero attached hydrogens (tertiary/aromatic N) is 2. The second-order valence-electron chi connectivity index (χ2n) is 7.24. The van der Waals surface area contributed by atoms with Crippen LogP contribution in [0.25, 0.3) is 0 Å². The van der Waals surface area contributed by atoms with Crippen molar-refractivity contribution in [2.24, 2.45) is 0 Å². The van der Waals surface area contributed by atoms with E-state index in [1.807, 2.05) is 6.92 Å². The van der Waals surface area contributed by atoms with Gasteiger partial charge in [-0.25, -0.2) is 9.78 Å². The Morgan fingerprint density at radius 3 is 2.70 bits per heavy atom. The number of thiophene rings is 1. The Hall–Kier alpha value is -3.43. The van der Waals surface area contributed by atoms with Crippen LogP contribution in [0.15, 0.2) is 42.6 Å². The number of pyridine rings is 1. The summed E-state index contributed by atoms with van der Waals surface area (Å²) in [7, 11) is 0. The zero-order valence-electron chi connectivity index (χ0n) is 17.6. The predicted molar refractivity (Wildman–Crippen MR) is 125 cm³/mol. The molecule has 2 amide bonds. The number of rotatable bonds is 6. The summed E-state index contributed by atoms with van der Waals surface area (Å²) in [5.74, 6) is -1.53. The van der Waals surface area contributed by atoms with Crippen molar-refractivity contribution in [2.45, 2.75) is 19.9 Å². The highest BCUT2D eigenvalue weighted by Crippen LogP contribution is 2.38. The third kappa shape index (κ3) is 4.69. The fourth-order valence-electron chi connectivity index (χ4n) is 3.64. The van der Waals surface area contributed by atoms with Crippen LogP contribution >= 0.6 is 22.9 Å². The fourth-order valence-corrected chi connectivity index (χ4v) is 5.02. The van der Waals surface area contributed by atoms with Crippen LogP contribution in [-0.4, -0.2) is 45.9 Å². The first-order valence-corrected chi connectivity index (χ1v) is 11.4. The third-order valence-corrected chi connectivity index (χ3v) is 6.56. The molecule has 2 aromatic heterocycles. The van der Waals surface area contributed by atoms with Gasteiger partial charge in [0.05, 0.1) is 18.7 Å². The first-order valence-electron chi connectivity index (χ1n) is 10.2. The molecular formula is C23H20ClN3O5S. The monoisotopic (exact) mass is 485 g/mol. The molecule has 4 rings (SSSR count). The highest BCUT2D eigenvalue weighted by atomic mass is 35.5. The van der Waals surface area contributed by atoms with Gasteiger partial charge < -0.3 is 20.1 Å². The van der Waals surface area contributed by atoms with Crippen molar-refractivity contribution < 1.29 is 24.2 Å². The summed E-state index contributed by atoms with van der Waals surface area (Å²) in [6.45, 7) is 2.77. The number of carbonyl (C=O) groups is 3. The fraction of sp³-hybridized carbons (Fsp3) is 0.217. The molecule has 1 aliphatic rings. The summed E-state index contributed by atoms with van der Waals surface area (Å²) < 4.78 is 5.48. The van der Waals surface area contributed by atoms with Gasteiger partial charge in [-0.05, 0) is 55.3 Å². The summed E-state index contributed by atoms with van der Waals surface area (Å²) in [4.78, 5) is 44.3. The minimum Gasteiger partial charge on any atom is -0.478 e. The van der Waals surface area contributed by atoms with Crippen molar-refractivity contribution in [3.8, 4) is 5.88 Å². The summed E-state index contributed by atoms with van der Waals surface area (Å²) in [5, 5.41) is 13.3. The van der Waals surface area contributed by atoms with Gasteiger partial charge in [0.25, 0.3) is 11.8 Å². The zero-order chi connectivity index (χ0) is 23.5. The molecule has 0 atom stereocenters. The lowest BCUT2D eigenvalue weighted by Gasteiger charge is -2.27. The Morgan fingerprint density at radius 1 is 1.24 bits per heavy atom. The minimum atomic E-state index is -1.12. The van der Waals surface area contributed by atoms with E-state index in [0.29, 0.717) is 41.3 Å². The Labute approximate surface area is 198 Å². The van der Waals surface area contributed by atoms with Crippen LogP contribution < -0.4 is 10.1 Å². The normalized spacial score (nSPS) is 12.7. The predicted octanol–water partition coefficient (Wildman–Crippen LogP) is 4.34. The van der Waals surface area contributed by atoms with Crippen LogP contribution in [0.5, 0.6) is 5.88 Å². The number of fused-ring (bicyclic) bond motifs is 1. The minimum absolute atomic E-state index is 0.0702. The van der Waals surface area contributed by atoms with Crippen LogP contribution in [0.3, 0.4) is 0 Å². The first kappa shape index (κ1) is 22.8. The molecular weight excluding hydrogens is 466 g/mol. The summed E-state index contributed by atoms with van der Waals surface area (Å²) in [5.41, 5.74) is 1.42. The molecule has 3 aromatic rings. The molecule has 0 saturated heterocycles. The molecule has 8 nitrogen and oxygen atoms in total. The maximum absolute atomic E-state index is 13.1. The number of benzene rings is 1. The van der Waals surface area contributed by atoms with E-state index in [0.717, 1.165) is 4.88 Å². The molecule has 0 radical (unpaired) electrons. The molecule has 170 valence electrons. The van der Waals surface area contributed by atoms with Gasteiger partial charge in [0, 0.05) is 28.2 Å². The van der Waals surface area contributed by atoms with Crippen molar-refractivity contribution in [2.75, 3.05) is 18.5 Å². The average Bonchev–Trinajstić information content (AvgIpc) is 3.16. The maximum atomic E-state index is 13.1. The summed E-state index contributed by atoms with van der Waals surface area (Å²) in [6, 6.07) is 9.64. The van der Waals surface area contributed by atoms with E-state index in [1.54, 1.807) is 47.5 Å². The van der Waals surface area contributed by atoms with Crippen LogP contribution in [-0.2, 0) is 13.0 Å². The number of ether oxygens (including phenoxy) is 1. The van der Waals surface area contributed by atoms with Crippen molar-refractivity contribution in [3.63, 3.8) is 0 Å². The number of hydrogen-bond acceptors (Lipinski definition) is 6. The molecule has 0 unspecified atom stereocenters. The highest BCUT2D eigenvalue weighted by molar-refractivity contribution is 7.17. The Balaban J connectivity index is 1.59. The maximum Gasteiger partial charge on any atom is 0.339 e. The van der Waals surface area contributed by atoms with Crippen molar-refractivity contribution in [1.29, 1.82) is 0 Å². The van der Waals surface area contributed by atoms with Gasteiger partial charge in [-0.2, -0.15) is 0 Å². The van der Waals surface area contributed by atoms with E-state index in [4.69, 9.17) is 16.3 Å². The van der Waals surface area contributed by atoms with E-state index in [1.165, 1.54) is 11.3 Å². The molecule has 10 heteroatoms. The van der Waals surface area contributed by atoms with Crippen LogP contribution in [0.4, 0.5) is 5.00 Å². The topological polar surface area (TPSA) is 109 Å². The Morgan fingerprint density at radius 2 is 2.00 bits per heavy atom. The molecule has 1 aliphatic heterocycles. The van der Waals surface area contributed by atoms with Crippen LogP contribution in [0.2, 0.25) is 5.02 Å². The highest BCUT2D eigenvalue weighted by Gasteiger charge is 2.31. The molecule has 33 heavy (non-hydrogen) atoms. The first-order chi connectivity index (χ1) is 15.9. The van der Waals surface area contributed by atoms with E-state index >= 15 is 0 Å². The van der Waals surface area contributed by atoms with E-state index in [2.05, 4.69) is 10.3 Å². The number of aromatic carboxylic acids is 1. The van der Waals surface area contributed by atoms with E-state index < -0.39 is 11.9 Å². The number of carbonyl (C=O) groups excluding carboxylic acids is 2. The molecule has 0 spiro atoms. The van der Waals surface area contributed by atoms with Gasteiger partial charge in [-0.1, -0.05) is 11.6 Å². The van der Waals surface area contributed by atoms with Crippen molar-refractivity contribution in [1.82, 2.24) is 9.88 Å². The summed E-state index contributed by atoms with van der Waals surface area (Å²) in [6.07, 6.45) is 1.92. The smallest absolute Gasteiger partial charge is 0.339 e. The lowest BCUT2D eigenvalue weighted by atomic mass is 10.0. The van der Waals surface area contributed by atoms with Gasteiger partial charge in [0.2, 0.25) is 5.88 Å². The number of aromatic nitrogens is 1. The van der Waals surface area contributed by atoms with Gasteiger partial charge in [0.1, 0.15) is 10.6 Å². The summed E-state index contributed by atoms with van der Waals surface area (Å²) >= 11 is 7.04. The van der Waals surface area contributed by atoms with E-state index in [9.17, 15) is 19.5 Å². The molecule has 0 bridgehead atoms. The van der Waals surface area contributed by atoms with Crippen LogP contribution in [0.1, 0.15) is 48.4 Å². The number of amides is 2. The van der Waals surface area contributed by atoms with Gasteiger partial charge in [-0.3, -0.25) is 9.59 Å². The van der Waals surface area contributed by atoms with Crippen molar-refractivity contribution in [3.05, 3.63) is 74.7 Å².